The van der Waals surface area contributed by atoms with Crippen LogP contribution < -0.4 is 0 Å². The molecule has 0 aliphatic carbocycles. The molecule has 7 heavy (non-hydrogen) atoms. The van der Waals surface area contributed by atoms with E-state index in [1.165, 1.54) is 0 Å². The van der Waals surface area contributed by atoms with Crippen LogP contribution in [-0.4, -0.2) is 126 Å². The molecule has 7 heteroatoms. The van der Waals surface area contributed by atoms with Crippen LogP contribution in [0.25, 0.3) is 0 Å². The van der Waals surface area contributed by atoms with E-state index in [-0.39, 0.29) is 126 Å². The predicted molar refractivity (Wildman–Crippen MR) is 40.3 cm³/mol. The van der Waals surface area contributed by atoms with Gasteiger partial charge in [0.05, 0.1) is 0 Å². The standard InChI is InChI=1S/7As. The van der Waals surface area contributed by atoms with Gasteiger partial charge in [0.2, 0.25) is 0 Å². The van der Waals surface area contributed by atoms with Crippen molar-refractivity contribution in [3.8, 4) is 0 Å². The van der Waals surface area contributed by atoms with Crippen molar-refractivity contribution in [2.45, 2.75) is 0 Å². The van der Waals surface area contributed by atoms with E-state index in [1.54, 1.807) is 0 Å². The summed E-state index contributed by atoms with van der Waals surface area (Å²) in [6.45, 7) is 0. The summed E-state index contributed by atoms with van der Waals surface area (Å²) in [6.07, 6.45) is 0. The minimum atomic E-state index is 0. The van der Waals surface area contributed by atoms with Crippen LogP contribution in [0, 0.1) is 0 Å². The first-order valence-electron chi connectivity index (χ1n) is 0. The SMILES string of the molecule is [As].[As].[As].[As].[As].[As].[As]. The maximum atomic E-state index is 0. The Kier molecular flexibility index (Phi) is 515. The van der Waals surface area contributed by atoms with E-state index in [2.05, 4.69) is 0 Å². The third-order valence-corrected chi connectivity index (χ3v) is 0. The molecule has 0 saturated heterocycles. The fourth-order valence-corrected chi connectivity index (χ4v) is 0. The second-order valence-electron chi connectivity index (χ2n) is 0. The molecule has 0 bridgehead atoms. The monoisotopic (exact) mass is 524 g/mol. The Balaban J connectivity index is 0. The van der Waals surface area contributed by atoms with Gasteiger partial charge in [-0.1, -0.05) is 0 Å². The summed E-state index contributed by atoms with van der Waals surface area (Å²) in [6, 6.07) is 0. The number of rotatable bonds is 0. The van der Waals surface area contributed by atoms with Crippen LogP contribution in [0.3, 0.4) is 0 Å². The van der Waals surface area contributed by atoms with E-state index in [4.69, 9.17) is 0 Å². The van der Waals surface area contributed by atoms with Crippen LogP contribution in [0.4, 0.5) is 0 Å². The third-order valence-electron chi connectivity index (χ3n) is 0. The van der Waals surface area contributed by atoms with Gasteiger partial charge in [-0.05, 0) is 0 Å². The average Bonchev–Trinajstić information content (AvgIpc) is 0. The van der Waals surface area contributed by atoms with Crippen molar-refractivity contribution in [2.24, 2.45) is 0 Å². The van der Waals surface area contributed by atoms with Crippen molar-refractivity contribution < 1.29 is 0 Å². The molecule has 0 aliphatic rings. The summed E-state index contributed by atoms with van der Waals surface area (Å²) >= 11 is 0. The van der Waals surface area contributed by atoms with Crippen LogP contribution in [0.15, 0.2) is 0 Å². The number of hydrogen-bond donors (Lipinski definition) is 0. The molecular weight excluding hydrogens is 524 g/mol. The van der Waals surface area contributed by atoms with Gasteiger partial charge in [0, 0.05) is 126 Å². The largest absolute Gasteiger partial charge is 0 e. The molecule has 0 aliphatic heterocycles. The van der Waals surface area contributed by atoms with Crippen LogP contribution >= 0.6 is 0 Å². The Bertz CT molecular complexity index is 0. The molecule has 21 radical (unpaired) electrons. The molecule has 0 rings (SSSR count). The minimum absolute atomic E-state index is 0. The second kappa shape index (κ2) is 51.5. The fraction of sp³-hybridized carbons (Fsp3) is 0. The zero-order valence-electron chi connectivity index (χ0n) is 3.13. The topological polar surface area (TPSA) is 0 Å². The molecule has 0 spiro atoms. The van der Waals surface area contributed by atoms with Gasteiger partial charge in [-0.2, -0.15) is 0 Å². The van der Waals surface area contributed by atoms with Crippen molar-refractivity contribution >= 4 is 126 Å². The predicted octanol–water partition coefficient (Wildman–Crippen LogP) is -2.67. The summed E-state index contributed by atoms with van der Waals surface area (Å²) in [5.41, 5.74) is 0. The van der Waals surface area contributed by atoms with Gasteiger partial charge in [-0.15, -0.1) is 0 Å². The molecule has 0 heterocycles. The van der Waals surface area contributed by atoms with Gasteiger partial charge in [0.25, 0.3) is 0 Å². The molecule has 0 nitrogen and oxygen atoms in total. The normalized spacial score (nSPS) is 0. The summed E-state index contributed by atoms with van der Waals surface area (Å²) in [5.74, 6) is 0. The molecule has 0 aromatic carbocycles. The Morgan fingerprint density at radius 1 is 0.143 bits per heavy atom. The Morgan fingerprint density at radius 2 is 0.143 bits per heavy atom. The maximum Gasteiger partial charge on any atom is 0 e. The molecule has 0 aromatic heterocycles. The van der Waals surface area contributed by atoms with E-state index >= 15 is 0 Å². The maximum absolute atomic E-state index is 0. The first-order valence-corrected chi connectivity index (χ1v) is 0. The van der Waals surface area contributed by atoms with E-state index in [9.17, 15) is 0 Å². The van der Waals surface area contributed by atoms with Crippen molar-refractivity contribution in [1.29, 1.82) is 0 Å². The van der Waals surface area contributed by atoms with Crippen LogP contribution in [0.5, 0.6) is 0 Å². The third kappa shape index (κ3) is 40.6. The molecule has 0 N–H and O–H groups in total. The quantitative estimate of drug-likeness (QED) is 0.304. The van der Waals surface area contributed by atoms with Gasteiger partial charge < -0.3 is 0 Å². The zero-order valence-corrected chi connectivity index (χ0v) is 16.3. The minimum Gasteiger partial charge on any atom is 0 e. The molecule has 0 saturated carbocycles. The van der Waals surface area contributed by atoms with E-state index in [0.717, 1.165) is 0 Å². The van der Waals surface area contributed by atoms with E-state index in [0.29, 0.717) is 0 Å². The van der Waals surface area contributed by atoms with Crippen molar-refractivity contribution in [1.82, 2.24) is 0 Å². The van der Waals surface area contributed by atoms with Gasteiger partial charge in [-0.25, -0.2) is 0 Å². The van der Waals surface area contributed by atoms with Gasteiger partial charge in [-0.3, -0.25) is 0 Å². The van der Waals surface area contributed by atoms with Gasteiger partial charge in [0.1, 0.15) is 0 Å². The molecule has 0 fully saturated rings. The first kappa shape index (κ1) is 70.1. The molecule has 35 valence electrons. The van der Waals surface area contributed by atoms with Crippen molar-refractivity contribution in [3.63, 3.8) is 0 Å². The van der Waals surface area contributed by atoms with Crippen LogP contribution in [-0.2, 0) is 0 Å². The average molecular weight is 524 g/mol. The summed E-state index contributed by atoms with van der Waals surface area (Å²) in [4.78, 5) is 0. The second-order valence-corrected chi connectivity index (χ2v) is 0. The molecular formula is As7. The first-order chi connectivity index (χ1) is 0. The molecule has 0 amide bonds. The molecule has 0 aromatic rings. The fourth-order valence-electron chi connectivity index (χ4n) is 0. The molecule has 0 unspecified atom stereocenters. The van der Waals surface area contributed by atoms with Crippen molar-refractivity contribution in [3.05, 3.63) is 0 Å². The Hall–Kier alpha value is 3.91. The molecule has 0 atom stereocenters. The van der Waals surface area contributed by atoms with Crippen molar-refractivity contribution in [2.75, 3.05) is 0 Å². The smallest absolute Gasteiger partial charge is 0 e. The van der Waals surface area contributed by atoms with Crippen LogP contribution in [0.1, 0.15) is 0 Å². The summed E-state index contributed by atoms with van der Waals surface area (Å²) < 4.78 is 0. The Morgan fingerprint density at radius 3 is 0.143 bits per heavy atom. The van der Waals surface area contributed by atoms with Crippen LogP contribution in [0.2, 0.25) is 0 Å². The Labute approximate surface area is 123 Å². The summed E-state index contributed by atoms with van der Waals surface area (Å²) in [5, 5.41) is 0. The van der Waals surface area contributed by atoms with E-state index in [1.807, 2.05) is 0 Å². The number of hydrogen-bond acceptors (Lipinski definition) is 0. The summed E-state index contributed by atoms with van der Waals surface area (Å²) in [7, 11) is 0. The van der Waals surface area contributed by atoms with E-state index < -0.39 is 0 Å². The van der Waals surface area contributed by atoms with Gasteiger partial charge >= 0.3 is 0 Å². The van der Waals surface area contributed by atoms with Gasteiger partial charge in [0.15, 0.2) is 0 Å². The zero-order chi connectivity index (χ0) is 0.